The Bertz CT molecular complexity index is 959. The number of amides is 1. The van der Waals surface area contributed by atoms with Crippen LogP contribution in [-0.4, -0.2) is 23.9 Å². The molecule has 5 heteroatoms. The fourth-order valence-electron chi connectivity index (χ4n) is 4.02. The number of aryl methyl sites for hydroxylation is 1. The molecule has 0 unspecified atom stereocenters. The van der Waals surface area contributed by atoms with Gasteiger partial charge in [0.25, 0.3) is 0 Å². The predicted molar refractivity (Wildman–Crippen MR) is 120 cm³/mol. The molecule has 146 valence electrons. The zero-order chi connectivity index (χ0) is 19.7. The molecule has 3 nitrogen and oxygen atoms in total. The normalized spacial score (nSPS) is 16.9. The second-order valence-electron chi connectivity index (χ2n) is 7.68. The molecule has 0 bridgehead atoms. The van der Waals surface area contributed by atoms with E-state index in [-0.39, 0.29) is 11.9 Å². The summed E-state index contributed by atoms with van der Waals surface area (Å²) in [5, 5.41) is 7.52. The molecule has 0 aliphatic carbocycles. The van der Waals surface area contributed by atoms with Gasteiger partial charge in [0, 0.05) is 22.0 Å². The summed E-state index contributed by atoms with van der Waals surface area (Å²) in [6.45, 7) is 7.71. The van der Waals surface area contributed by atoms with Crippen LogP contribution in [0.2, 0.25) is 0 Å². The maximum absolute atomic E-state index is 13.0. The lowest BCUT2D eigenvalue weighted by molar-refractivity contribution is -0.117. The van der Waals surface area contributed by atoms with Crippen LogP contribution in [0.25, 0.3) is 0 Å². The number of carbonyl (C=O) groups excluding carboxylic acids is 1. The van der Waals surface area contributed by atoms with Gasteiger partial charge in [0.05, 0.1) is 12.6 Å². The average molecular weight is 411 g/mol. The van der Waals surface area contributed by atoms with E-state index >= 15 is 0 Å². The second-order valence-corrected chi connectivity index (χ2v) is 9.66. The maximum Gasteiger partial charge on any atom is 0.238 e. The Morgan fingerprint density at radius 1 is 1.18 bits per heavy atom. The maximum atomic E-state index is 13.0. The van der Waals surface area contributed by atoms with Crippen molar-refractivity contribution in [2.24, 2.45) is 0 Å². The molecule has 28 heavy (non-hydrogen) atoms. The van der Waals surface area contributed by atoms with Crippen molar-refractivity contribution in [3.8, 4) is 0 Å². The molecule has 4 rings (SSSR count). The van der Waals surface area contributed by atoms with E-state index in [0.717, 1.165) is 24.2 Å². The molecule has 1 amide bonds. The first-order valence-electron chi connectivity index (χ1n) is 9.77. The highest BCUT2D eigenvalue weighted by Gasteiger charge is 2.31. The summed E-state index contributed by atoms with van der Waals surface area (Å²) < 4.78 is 0. The lowest BCUT2D eigenvalue weighted by Crippen LogP contribution is -2.40. The summed E-state index contributed by atoms with van der Waals surface area (Å²) in [5.41, 5.74) is 4.66. The summed E-state index contributed by atoms with van der Waals surface area (Å²) >= 11 is 3.61. The van der Waals surface area contributed by atoms with Crippen LogP contribution in [0.15, 0.2) is 47.2 Å². The van der Waals surface area contributed by atoms with Crippen LogP contribution in [0.3, 0.4) is 0 Å². The van der Waals surface area contributed by atoms with Crippen molar-refractivity contribution in [2.75, 3.05) is 18.4 Å². The van der Waals surface area contributed by atoms with E-state index in [1.807, 2.05) is 11.3 Å². The third kappa shape index (κ3) is 3.79. The van der Waals surface area contributed by atoms with Gasteiger partial charge in [-0.25, -0.2) is 0 Å². The molecule has 3 aromatic rings. The highest BCUT2D eigenvalue weighted by atomic mass is 32.1. The predicted octanol–water partition coefficient (Wildman–Crippen LogP) is 5.83. The molecule has 1 aliphatic rings. The van der Waals surface area contributed by atoms with Crippen molar-refractivity contribution in [3.63, 3.8) is 0 Å². The topological polar surface area (TPSA) is 32.3 Å². The largest absolute Gasteiger partial charge is 0.324 e. The number of hydrogen-bond donors (Lipinski definition) is 1. The van der Waals surface area contributed by atoms with Gasteiger partial charge in [0.2, 0.25) is 5.91 Å². The van der Waals surface area contributed by atoms with E-state index in [4.69, 9.17) is 0 Å². The van der Waals surface area contributed by atoms with Crippen molar-refractivity contribution in [1.82, 2.24) is 4.90 Å². The number of fused-ring (bicyclic) bond motifs is 1. The zero-order valence-electron chi connectivity index (χ0n) is 16.6. The van der Waals surface area contributed by atoms with Crippen LogP contribution in [0.4, 0.5) is 5.69 Å². The average Bonchev–Trinajstić information content (AvgIpc) is 3.34. The molecule has 0 saturated heterocycles. The van der Waals surface area contributed by atoms with E-state index in [2.05, 4.69) is 78.1 Å². The Hall–Kier alpha value is -1.95. The molecule has 0 fully saturated rings. The third-order valence-corrected chi connectivity index (χ3v) is 7.34. The van der Waals surface area contributed by atoms with Gasteiger partial charge in [0.15, 0.2) is 0 Å². The minimum absolute atomic E-state index is 0.0661. The fourth-order valence-corrected chi connectivity index (χ4v) is 5.80. The Kier molecular flexibility index (Phi) is 5.67. The Morgan fingerprint density at radius 3 is 2.79 bits per heavy atom. The number of anilines is 1. The minimum atomic E-state index is 0.0661. The van der Waals surface area contributed by atoms with Crippen molar-refractivity contribution in [2.45, 2.75) is 39.2 Å². The molecule has 1 atom stereocenters. The lowest BCUT2D eigenvalue weighted by atomic mass is 9.97. The van der Waals surface area contributed by atoms with Crippen molar-refractivity contribution < 1.29 is 4.79 Å². The Labute approximate surface area is 175 Å². The van der Waals surface area contributed by atoms with Crippen LogP contribution < -0.4 is 5.32 Å². The summed E-state index contributed by atoms with van der Waals surface area (Å²) in [5.74, 6) is 0.439. The van der Waals surface area contributed by atoms with Gasteiger partial charge in [0.1, 0.15) is 0 Å². The van der Waals surface area contributed by atoms with E-state index in [9.17, 15) is 4.79 Å². The molecule has 0 saturated carbocycles. The molecule has 1 aliphatic heterocycles. The van der Waals surface area contributed by atoms with Crippen LogP contribution >= 0.6 is 22.7 Å². The van der Waals surface area contributed by atoms with Crippen LogP contribution in [-0.2, 0) is 11.2 Å². The van der Waals surface area contributed by atoms with Crippen LogP contribution in [0.1, 0.15) is 52.3 Å². The summed E-state index contributed by atoms with van der Waals surface area (Å²) in [6, 6.07) is 12.9. The second kappa shape index (κ2) is 8.19. The van der Waals surface area contributed by atoms with Crippen molar-refractivity contribution in [1.29, 1.82) is 0 Å². The van der Waals surface area contributed by atoms with Crippen LogP contribution in [0.5, 0.6) is 0 Å². The lowest BCUT2D eigenvalue weighted by Gasteiger charge is -2.35. The van der Waals surface area contributed by atoms with Gasteiger partial charge in [-0.2, -0.15) is 0 Å². The number of benzene rings is 1. The number of nitrogens with one attached hydrogen (secondary N) is 1. The van der Waals surface area contributed by atoms with E-state index in [1.165, 1.54) is 20.9 Å². The quantitative estimate of drug-likeness (QED) is 0.574. The molecular formula is C23H26N2OS2. The summed E-state index contributed by atoms with van der Waals surface area (Å²) in [4.78, 5) is 18.1. The van der Waals surface area contributed by atoms with E-state index in [0.29, 0.717) is 12.5 Å². The monoisotopic (exact) mass is 410 g/mol. The molecule has 0 radical (unpaired) electrons. The number of thiophene rings is 2. The highest BCUT2D eigenvalue weighted by Crippen LogP contribution is 2.39. The highest BCUT2D eigenvalue weighted by molar-refractivity contribution is 7.10. The first kappa shape index (κ1) is 19.4. The third-order valence-electron chi connectivity index (χ3n) is 5.42. The molecule has 3 heterocycles. The minimum Gasteiger partial charge on any atom is -0.324 e. The van der Waals surface area contributed by atoms with Gasteiger partial charge in [-0.05, 0) is 58.8 Å². The molecule has 1 N–H and O–H groups in total. The number of rotatable bonds is 5. The fraction of sp³-hybridized carbons (Fsp3) is 0.348. The Morgan fingerprint density at radius 2 is 2.04 bits per heavy atom. The zero-order valence-corrected chi connectivity index (χ0v) is 18.2. The Balaban J connectivity index is 1.56. The van der Waals surface area contributed by atoms with Gasteiger partial charge >= 0.3 is 0 Å². The van der Waals surface area contributed by atoms with Gasteiger partial charge in [-0.15, -0.1) is 22.7 Å². The SMILES string of the molecule is Cc1cccc(C(C)C)c1NC(=O)CN1CCc2sccc2[C@@H]1c1cccs1. The van der Waals surface area contributed by atoms with Gasteiger partial charge < -0.3 is 5.32 Å². The van der Waals surface area contributed by atoms with Crippen molar-refractivity contribution >= 4 is 34.3 Å². The number of nitrogens with zero attached hydrogens (tertiary/aromatic N) is 1. The number of carbonyl (C=O) groups is 1. The van der Waals surface area contributed by atoms with E-state index in [1.54, 1.807) is 11.3 Å². The molecule has 1 aromatic carbocycles. The molecule has 2 aromatic heterocycles. The van der Waals surface area contributed by atoms with Gasteiger partial charge in [-0.3, -0.25) is 9.69 Å². The van der Waals surface area contributed by atoms with E-state index < -0.39 is 0 Å². The van der Waals surface area contributed by atoms with Crippen LogP contribution in [0, 0.1) is 6.92 Å². The molecular weight excluding hydrogens is 384 g/mol. The first-order valence-corrected chi connectivity index (χ1v) is 11.5. The summed E-state index contributed by atoms with van der Waals surface area (Å²) in [6.07, 6.45) is 1.02. The number of hydrogen-bond acceptors (Lipinski definition) is 4. The molecule has 0 spiro atoms. The smallest absolute Gasteiger partial charge is 0.238 e. The summed E-state index contributed by atoms with van der Waals surface area (Å²) in [7, 11) is 0. The van der Waals surface area contributed by atoms with Crippen molar-refractivity contribution in [3.05, 3.63) is 73.6 Å². The number of para-hydroxylation sites is 1. The van der Waals surface area contributed by atoms with Gasteiger partial charge in [-0.1, -0.05) is 38.1 Å². The standard InChI is InChI=1S/C23H26N2OS2/c1-15(2)17-7-4-6-16(3)22(17)24-21(26)14-25-11-9-19-18(10-13-28-19)23(25)20-8-5-12-27-20/h4-8,10,12-13,15,23H,9,11,14H2,1-3H3,(H,24,26)/t23-/m1/s1. The first-order chi connectivity index (χ1) is 13.5.